The van der Waals surface area contributed by atoms with Gasteiger partial charge in [-0.15, -0.1) is 0 Å². The van der Waals surface area contributed by atoms with E-state index in [1.54, 1.807) is 18.5 Å². The lowest BCUT2D eigenvalue weighted by molar-refractivity contribution is -0.142. The Balaban J connectivity index is 1.18. The van der Waals surface area contributed by atoms with Crippen LogP contribution in [-0.4, -0.2) is 94.4 Å². The first-order chi connectivity index (χ1) is 20.8. The van der Waals surface area contributed by atoms with Gasteiger partial charge in [-0.3, -0.25) is 14.6 Å². The second-order valence-corrected chi connectivity index (χ2v) is 12.5. The number of ether oxygens (including phenoxy) is 2. The fourth-order valence-electron chi connectivity index (χ4n) is 6.29. The van der Waals surface area contributed by atoms with Crippen molar-refractivity contribution in [3.05, 3.63) is 58.3 Å². The molecule has 12 heteroatoms. The van der Waals surface area contributed by atoms with Crippen LogP contribution in [0.15, 0.2) is 42.7 Å². The number of aliphatic hydroxyl groups excluding tert-OH is 1. The first-order valence-corrected chi connectivity index (χ1v) is 15.5. The highest BCUT2D eigenvalue weighted by molar-refractivity contribution is 6.35. The van der Waals surface area contributed by atoms with Crippen molar-refractivity contribution in [1.82, 2.24) is 24.8 Å². The minimum Gasteiger partial charge on any atom is -0.469 e. The third kappa shape index (κ3) is 7.38. The number of carbonyl (C=O) groups excluding carboxylic acids is 1. The molecular formula is C31H36Cl2N6O4. The first kappa shape index (κ1) is 30.0. The number of aromatic nitrogens is 3. The minimum atomic E-state index is -0.307. The van der Waals surface area contributed by atoms with Crippen LogP contribution >= 0.6 is 23.2 Å². The van der Waals surface area contributed by atoms with Gasteiger partial charge >= 0.3 is 5.97 Å². The molecule has 228 valence electrons. The van der Waals surface area contributed by atoms with Gasteiger partial charge in [0, 0.05) is 60.8 Å². The molecule has 3 aromatic rings. The van der Waals surface area contributed by atoms with Gasteiger partial charge in [-0.05, 0) is 68.1 Å². The Kier molecular flexibility index (Phi) is 9.30. The van der Waals surface area contributed by atoms with Crippen LogP contribution in [0.5, 0.6) is 11.6 Å². The molecule has 2 atom stereocenters. The molecule has 10 nitrogen and oxygen atoms in total. The van der Waals surface area contributed by atoms with Crippen LogP contribution in [0.4, 0.5) is 5.95 Å². The lowest BCUT2D eigenvalue weighted by Crippen LogP contribution is -2.53. The van der Waals surface area contributed by atoms with E-state index in [2.05, 4.69) is 24.7 Å². The molecule has 2 unspecified atom stereocenters. The van der Waals surface area contributed by atoms with Gasteiger partial charge in [0.2, 0.25) is 11.8 Å². The molecule has 1 aromatic carbocycles. The number of methoxy groups -OCH3 is 1. The lowest BCUT2D eigenvalue weighted by Gasteiger charge is -2.38. The van der Waals surface area contributed by atoms with Crippen molar-refractivity contribution >= 4 is 35.1 Å². The molecule has 0 amide bonds. The molecular weight excluding hydrogens is 591 g/mol. The largest absolute Gasteiger partial charge is 0.469 e. The number of piperidine rings is 1. The molecule has 3 fully saturated rings. The van der Waals surface area contributed by atoms with Gasteiger partial charge in [0.1, 0.15) is 0 Å². The number of halogens is 2. The SMILES string of the molecule is COC(=O)CC1CCN(Cc2cc(Oc3cnc(N4CCN5CCC(O)C5C4)nc3)nc(-c3cc(Cl)cc(Cl)c3)c2)CC1. The lowest BCUT2D eigenvalue weighted by atomic mass is 9.93. The number of benzene rings is 1. The Morgan fingerprint density at radius 1 is 0.977 bits per heavy atom. The molecule has 0 radical (unpaired) electrons. The first-order valence-electron chi connectivity index (χ1n) is 14.8. The van der Waals surface area contributed by atoms with Gasteiger partial charge in [0.15, 0.2) is 5.75 Å². The quantitative estimate of drug-likeness (QED) is 0.355. The molecule has 0 aliphatic carbocycles. The summed E-state index contributed by atoms with van der Waals surface area (Å²) in [4.78, 5) is 32.5. The van der Waals surface area contributed by atoms with E-state index in [0.717, 1.165) is 63.1 Å². The van der Waals surface area contributed by atoms with Crippen LogP contribution in [0, 0.1) is 5.92 Å². The van der Waals surface area contributed by atoms with E-state index in [4.69, 9.17) is 37.7 Å². The van der Waals surface area contributed by atoms with E-state index in [1.807, 2.05) is 24.3 Å². The zero-order chi connectivity index (χ0) is 29.9. The number of hydrogen-bond donors (Lipinski definition) is 1. The molecule has 6 rings (SSSR count). The Morgan fingerprint density at radius 2 is 1.72 bits per heavy atom. The van der Waals surface area contributed by atoms with E-state index in [9.17, 15) is 9.90 Å². The summed E-state index contributed by atoms with van der Waals surface area (Å²) in [6.45, 7) is 5.84. The monoisotopic (exact) mass is 626 g/mol. The Morgan fingerprint density at radius 3 is 2.44 bits per heavy atom. The number of hydrogen-bond acceptors (Lipinski definition) is 10. The van der Waals surface area contributed by atoms with Crippen molar-refractivity contribution in [3.63, 3.8) is 0 Å². The van der Waals surface area contributed by atoms with Crippen LogP contribution in [0.3, 0.4) is 0 Å². The number of pyridine rings is 1. The van der Waals surface area contributed by atoms with Crippen molar-refractivity contribution in [2.24, 2.45) is 5.92 Å². The van der Waals surface area contributed by atoms with Crippen LogP contribution in [0.25, 0.3) is 11.3 Å². The summed E-state index contributed by atoms with van der Waals surface area (Å²) in [6.07, 6.45) is 6.19. The summed E-state index contributed by atoms with van der Waals surface area (Å²) >= 11 is 12.6. The molecule has 3 aliphatic rings. The zero-order valence-corrected chi connectivity index (χ0v) is 25.7. The van der Waals surface area contributed by atoms with Crippen molar-refractivity contribution in [3.8, 4) is 22.9 Å². The van der Waals surface area contributed by atoms with Crippen molar-refractivity contribution in [1.29, 1.82) is 0 Å². The van der Waals surface area contributed by atoms with Crippen molar-refractivity contribution in [2.45, 2.75) is 44.4 Å². The van der Waals surface area contributed by atoms with Crippen LogP contribution in [-0.2, 0) is 16.1 Å². The normalized spacial score (nSPS) is 21.5. The van der Waals surface area contributed by atoms with E-state index >= 15 is 0 Å². The second-order valence-electron chi connectivity index (χ2n) is 11.6. The average Bonchev–Trinajstić information content (AvgIpc) is 3.37. The molecule has 1 N–H and O–H groups in total. The molecule has 2 aromatic heterocycles. The third-order valence-electron chi connectivity index (χ3n) is 8.63. The Hall–Kier alpha value is -3.02. The van der Waals surface area contributed by atoms with Gasteiger partial charge in [0.25, 0.3) is 0 Å². The van der Waals surface area contributed by atoms with Crippen LogP contribution in [0.2, 0.25) is 10.0 Å². The van der Waals surface area contributed by atoms with E-state index in [0.29, 0.717) is 58.7 Å². The zero-order valence-electron chi connectivity index (χ0n) is 24.2. The Labute approximate surface area is 261 Å². The molecule has 3 aliphatic heterocycles. The number of fused-ring (bicyclic) bond motifs is 1. The smallest absolute Gasteiger partial charge is 0.305 e. The molecule has 43 heavy (non-hydrogen) atoms. The number of esters is 1. The van der Waals surface area contributed by atoms with Gasteiger partial charge in [-0.1, -0.05) is 23.2 Å². The predicted octanol–water partition coefficient (Wildman–Crippen LogP) is 4.67. The maximum atomic E-state index is 11.7. The maximum Gasteiger partial charge on any atom is 0.305 e. The summed E-state index contributed by atoms with van der Waals surface area (Å²) in [5.41, 5.74) is 2.52. The number of aliphatic hydroxyl groups is 1. The number of rotatable bonds is 8. The van der Waals surface area contributed by atoms with Crippen LogP contribution in [0.1, 0.15) is 31.2 Å². The fraction of sp³-hybridized carbons (Fsp3) is 0.484. The highest BCUT2D eigenvalue weighted by Gasteiger charge is 2.37. The van der Waals surface area contributed by atoms with Crippen LogP contribution < -0.4 is 9.64 Å². The summed E-state index contributed by atoms with van der Waals surface area (Å²) in [7, 11) is 1.44. The summed E-state index contributed by atoms with van der Waals surface area (Å²) in [5.74, 6) is 1.72. The number of nitrogens with zero attached hydrogens (tertiary/aromatic N) is 6. The van der Waals surface area contributed by atoms with Gasteiger partial charge in [0.05, 0.1) is 37.3 Å². The van der Waals surface area contributed by atoms with Crippen molar-refractivity contribution in [2.75, 3.05) is 51.3 Å². The molecule has 3 saturated heterocycles. The summed E-state index contributed by atoms with van der Waals surface area (Å²) < 4.78 is 11.0. The number of carbonyl (C=O) groups is 1. The van der Waals surface area contributed by atoms with E-state index in [-0.39, 0.29) is 18.1 Å². The third-order valence-corrected chi connectivity index (χ3v) is 9.06. The van der Waals surface area contributed by atoms with E-state index < -0.39 is 0 Å². The maximum absolute atomic E-state index is 11.7. The van der Waals surface area contributed by atoms with Gasteiger partial charge in [-0.2, -0.15) is 0 Å². The predicted molar refractivity (Wildman–Crippen MR) is 165 cm³/mol. The highest BCUT2D eigenvalue weighted by atomic mass is 35.5. The Bertz CT molecular complexity index is 1420. The highest BCUT2D eigenvalue weighted by Crippen LogP contribution is 2.31. The average molecular weight is 628 g/mol. The number of piperazine rings is 1. The molecule has 0 saturated carbocycles. The van der Waals surface area contributed by atoms with Gasteiger partial charge < -0.3 is 19.5 Å². The number of likely N-dealkylation sites (tertiary alicyclic amines) is 1. The number of anilines is 1. The standard InChI is InChI=1S/C31H36Cl2N6O4/c1-42-30(41)12-20-2-5-37(6-3-20)18-21-10-26(22-13-23(32)15-24(33)14-22)36-29(11-21)43-25-16-34-31(35-17-25)39-9-8-38-7-4-28(40)27(38)19-39/h10-11,13-17,20,27-28,40H,2-9,12,18-19H2,1H3. The minimum absolute atomic E-state index is 0.122. The fourth-order valence-corrected chi connectivity index (χ4v) is 6.81. The molecule has 5 heterocycles. The van der Waals surface area contributed by atoms with E-state index in [1.165, 1.54) is 7.11 Å². The summed E-state index contributed by atoms with van der Waals surface area (Å²) in [6, 6.07) is 9.45. The topological polar surface area (TPSA) is 104 Å². The van der Waals surface area contributed by atoms with Crippen molar-refractivity contribution < 1.29 is 19.4 Å². The second kappa shape index (κ2) is 13.3. The molecule has 0 bridgehead atoms. The summed E-state index contributed by atoms with van der Waals surface area (Å²) in [5, 5.41) is 11.4. The molecule has 0 spiro atoms. The van der Waals surface area contributed by atoms with Gasteiger partial charge in [-0.25, -0.2) is 15.0 Å².